The minimum atomic E-state index is -1.02. The van der Waals surface area contributed by atoms with Crippen LogP contribution in [0.2, 0.25) is 0 Å². The topological polar surface area (TPSA) is 40.5 Å². The van der Waals surface area contributed by atoms with Gasteiger partial charge < -0.3 is 10.0 Å². The molecular formula is C11H11F2NO2. The van der Waals surface area contributed by atoms with Crippen molar-refractivity contribution >= 4 is 5.91 Å². The summed E-state index contributed by atoms with van der Waals surface area (Å²) in [5, 5.41) is 8.79. The van der Waals surface area contributed by atoms with Crippen molar-refractivity contribution in [2.24, 2.45) is 5.92 Å². The Balaban J connectivity index is 2.07. The van der Waals surface area contributed by atoms with Crippen LogP contribution in [0.15, 0.2) is 18.2 Å². The summed E-state index contributed by atoms with van der Waals surface area (Å²) >= 11 is 0. The summed E-state index contributed by atoms with van der Waals surface area (Å²) in [6.07, 6.45) is 0. The van der Waals surface area contributed by atoms with Gasteiger partial charge in [-0.15, -0.1) is 0 Å². The van der Waals surface area contributed by atoms with E-state index in [9.17, 15) is 13.6 Å². The van der Waals surface area contributed by atoms with Crippen molar-refractivity contribution in [1.29, 1.82) is 0 Å². The number of aliphatic hydroxyl groups is 1. The van der Waals surface area contributed by atoms with Crippen molar-refractivity contribution in [2.45, 2.75) is 0 Å². The van der Waals surface area contributed by atoms with E-state index >= 15 is 0 Å². The molecule has 16 heavy (non-hydrogen) atoms. The predicted molar refractivity (Wildman–Crippen MR) is 52.8 cm³/mol. The quantitative estimate of drug-likeness (QED) is 0.819. The Labute approximate surface area is 91.3 Å². The van der Waals surface area contributed by atoms with Crippen LogP contribution in [0.3, 0.4) is 0 Å². The molecule has 0 aliphatic carbocycles. The van der Waals surface area contributed by atoms with Gasteiger partial charge >= 0.3 is 0 Å². The van der Waals surface area contributed by atoms with E-state index in [4.69, 9.17) is 5.11 Å². The van der Waals surface area contributed by atoms with Gasteiger partial charge in [0.25, 0.3) is 5.91 Å². The Hall–Kier alpha value is -1.49. The number of aliphatic hydroxyl groups excluding tert-OH is 1. The number of rotatable bonds is 2. The van der Waals surface area contributed by atoms with Crippen LogP contribution in [-0.4, -0.2) is 35.6 Å². The molecule has 0 unspecified atom stereocenters. The summed E-state index contributed by atoms with van der Waals surface area (Å²) in [6.45, 7) is 0.976. The molecule has 1 amide bonds. The van der Waals surface area contributed by atoms with Crippen LogP contribution in [-0.2, 0) is 0 Å². The van der Waals surface area contributed by atoms with Crippen LogP contribution in [0.25, 0.3) is 0 Å². The van der Waals surface area contributed by atoms with Crippen LogP contribution in [0, 0.1) is 17.6 Å². The lowest BCUT2D eigenvalue weighted by Crippen LogP contribution is -2.51. The second-order valence-corrected chi connectivity index (χ2v) is 3.89. The normalized spacial score (nSPS) is 16.1. The fourth-order valence-electron chi connectivity index (χ4n) is 1.66. The molecule has 0 bridgehead atoms. The monoisotopic (exact) mass is 227 g/mol. The highest BCUT2D eigenvalue weighted by Crippen LogP contribution is 2.19. The van der Waals surface area contributed by atoms with E-state index < -0.39 is 11.6 Å². The van der Waals surface area contributed by atoms with Gasteiger partial charge in [-0.1, -0.05) is 0 Å². The number of nitrogens with zero attached hydrogens (tertiary/aromatic N) is 1. The zero-order valence-electron chi connectivity index (χ0n) is 8.49. The largest absolute Gasteiger partial charge is 0.396 e. The number of carbonyl (C=O) groups is 1. The molecule has 0 aromatic heterocycles. The highest BCUT2D eigenvalue weighted by Gasteiger charge is 2.30. The van der Waals surface area contributed by atoms with Gasteiger partial charge in [0, 0.05) is 31.2 Å². The first kappa shape index (κ1) is 11.0. The molecule has 5 heteroatoms. The molecule has 0 atom stereocenters. The molecule has 0 radical (unpaired) electrons. The van der Waals surface area contributed by atoms with Crippen molar-refractivity contribution in [3.05, 3.63) is 35.4 Å². The molecule has 0 saturated carbocycles. The lowest BCUT2D eigenvalue weighted by atomic mass is 10.00. The second kappa shape index (κ2) is 4.17. The molecule has 1 aliphatic heterocycles. The number of halogens is 2. The minimum Gasteiger partial charge on any atom is -0.396 e. The average Bonchev–Trinajstić information content (AvgIpc) is 2.20. The SMILES string of the molecule is O=C(c1ccc(F)c(F)c1)N1CC(CO)C1. The standard InChI is InChI=1S/C11H11F2NO2/c12-9-2-1-8(3-10(9)13)11(16)14-4-7(5-14)6-15/h1-3,7,15H,4-6H2. The van der Waals surface area contributed by atoms with E-state index in [1.165, 1.54) is 11.0 Å². The molecule has 3 nitrogen and oxygen atoms in total. The lowest BCUT2D eigenvalue weighted by Gasteiger charge is -2.38. The summed E-state index contributed by atoms with van der Waals surface area (Å²) in [5.74, 6) is -2.21. The van der Waals surface area contributed by atoms with E-state index in [1.54, 1.807) is 0 Å². The number of hydrogen-bond donors (Lipinski definition) is 1. The molecule has 1 N–H and O–H groups in total. The van der Waals surface area contributed by atoms with E-state index in [0.717, 1.165) is 12.1 Å². The highest BCUT2D eigenvalue weighted by atomic mass is 19.2. The summed E-state index contributed by atoms with van der Waals surface area (Å²) < 4.78 is 25.5. The van der Waals surface area contributed by atoms with E-state index in [1.807, 2.05) is 0 Å². The molecule has 1 fully saturated rings. The van der Waals surface area contributed by atoms with Gasteiger partial charge in [0.2, 0.25) is 0 Å². The first-order valence-corrected chi connectivity index (χ1v) is 4.97. The number of carbonyl (C=O) groups excluding carboxylic acids is 1. The smallest absolute Gasteiger partial charge is 0.253 e. The van der Waals surface area contributed by atoms with Crippen molar-refractivity contribution in [1.82, 2.24) is 4.90 Å². The third-order valence-electron chi connectivity index (χ3n) is 2.67. The fourth-order valence-corrected chi connectivity index (χ4v) is 1.66. The number of amides is 1. The predicted octanol–water partition coefficient (Wildman–Crippen LogP) is 1.03. The van der Waals surface area contributed by atoms with Gasteiger partial charge in [0.05, 0.1) is 0 Å². The lowest BCUT2D eigenvalue weighted by molar-refractivity contribution is 0.0361. The van der Waals surface area contributed by atoms with E-state index in [0.29, 0.717) is 13.1 Å². The first-order valence-electron chi connectivity index (χ1n) is 4.97. The molecule has 1 aromatic rings. The molecule has 1 saturated heterocycles. The van der Waals surface area contributed by atoms with Crippen LogP contribution < -0.4 is 0 Å². The summed E-state index contributed by atoms with van der Waals surface area (Å²) in [4.78, 5) is 13.2. The zero-order chi connectivity index (χ0) is 11.7. The summed E-state index contributed by atoms with van der Waals surface area (Å²) in [7, 11) is 0. The van der Waals surface area contributed by atoms with Gasteiger partial charge in [-0.3, -0.25) is 4.79 Å². The maximum absolute atomic E-state index is 12.9. The van der Waals surface area contributed by atoms with Crippen LogP contribution >= 0.6 is 0 Å². The minimum absolute atomic E-state index is 0.0432. The number of benzene rings is 1. The van der Waals surface area contributed by atoms with E-state index in [2.05, 4.69) is 0 Å². The van der Waals surface area contributed by atoms with Crippen LogP contribution in [0.4, 0.5) is 8.78 Å². The van der Waals surface area contributed by atoms with Crippen LogP contribution in [0.1, 0.15) is 10.4 Å². The molecule has 0 spiro atoms. The Bertz CT molecular complexity index is 416. The Morgan fingerprint density at radius 1 is 1.38 bits per heavy atom. The Kier molecular flexibility index (Phi) is 2.87. The number of likely N-dealkylation sites (tertiary alicyclic amines) is 1. The average molecular weight is 227 g/mol. The van der Waals surface area contributed by atoms with Crippen molar-refractivity contribution in [3.63, 3.8) is 0 Å². The maximum atomic E-state index is 12.9. The summed E-state index contributed by atoms with van der Waals surface area (Å²) in [6, 6.07) is 3.09. The maximum Gasteiger partial charge on any atom is 0.253 e. The van der Waals surface area contributed by atoms with Gasteiger partial charge in [0.15, 0.2) is 11.6 Å². The molecule has 86 valence electrons. The molecular weight excluding hydrogens is 216 g/mol. The van der Waals surface area contributed by atoms with Gasteiger partial charge in [-0.2, -0.15) is 0 Å². The van der Waals surface area contributed by atoms with E-state index in [-0.39, 0.29) is 24.0 Å². The van der Waals surface area contributed by atoms with Crippen LogP contribution in [0.5, 0.6) is 0 Å². The summed E-state index contributed by atoms with van der Waals surface area (Å²) in [5.41, 5.74) is 0.135. The Morgan fingerprint density at radius 2 is 2.06 bits per heavy atom. The van der Waals surface area contributed by atoms with Crippen molar-refractivity contribution in [2.75, 3.05) is 19.7 Å². The number of hydrogen-bond acceptors (Lipinski definition) is 2. The van der Waals surface area contributed by atoms with Crippen molar-refractivity contribution in [3.8, 4) is 0 Å². The molecule has 1 heterocycles. The molecule has 1 aliphatic rings. The molecule has 2 rings (SSSR count). The first-order chi connectivity index (χ1) is 7.61. The highest BCUT2D eigenvalue weighted by molar-refractivity contribution is 5.94. The third-order valence-corrected chi connectivity index (χ3v) is 2.67. The second-order valence-electron chi connectivity index (χ2n) is 3.89. The third kappa shape index (κ3) is 1.90. The van der Waals surface area contributed by atoms with Gasteiger partial charge in [0.1, 0.15) is 0 Å². The van der Waals surface area contributed by atoms with Crippen molar-refractivity contribution < 1.29 is 18.7 Å². The fraction of sp³-hybridized carbons (Fsp3) is 0.364. The van der Waals surface area contributed by atoms with Gasteiger partial charge in [-0.05, 0) is 18.2 Å². The Morgan fingerprint density at radius 3 is 2.62 bits per heavy atom. The van der Waals surface area contributed by atoms with Gasteiger partial charge in [-0.25, -0.2) is 8.78 Å². The zero-order valence-corrected chi connectivity index (χ0v) is 8.49. The molecule has 1 aromatic carbocycles.